The smallest absolute Gasteiger partial charge is 0.254 e. The minimum atomic E-state index is 0.0570. The maximum atomic E-state index is 12.5. The molecule has 4 heteroatoms. The number of carbonyl (C=O) groups excluding carboxylic acids is 1. The summed E-state index contributed by atoms with van der Waals surface area (Å²) < 4.78 is 0.625. The van der Waals surface area contributed by atoms with Crippen molar-refractivity contribution in [2.45, 2.75) is 25.7 Å². The number of benzene rings is 1. The standard InChI is InChI=1S/C15H18BrNO2/c16-13-6-5-12(7-14(13)18)15(19)17(8-10-1-2-10)9-11-3-4-11/h5-7,10-11,18H,1-4,8-9H2. The van der Waals surface area contributed by atoms with Gasteiger partial charge >= 0.3 is 0 Å². The Morgan fingerprint density at radius 3 is 2.26 bits per heavy atom. The lowest BCUT2D eigenvalue weighted by Gasteiger charge is -2.22. The summed E-state index contributed by atoms with van der Waals surface area (Å²) in [6.45, 7) is 1.76. The van der Waals surface area contributed by atoms with Crippen molar-refractivity contribution >= 4 is 21.8 Å². The van der Waals surface area contributed by atoms with E-state index in [-0.39, 0.29) is 11.7 Å². The zero-order valence-electron chi connectivity index (χ0n) is 10.8. The lowest BCUT2D eigenvalue weighted by atomic mass is 10.1. The fourth-order valence-corrected chi connectivity index (χ4v) is 2.54. The minimum Gasteiger partial charge on any atom is -0.507 e. The number of rotatable bonds is 5. The highest BCUT2D eigenvalue weighted by Crippen LogP contribution is 2.34. The van der Waals surface area contributed by atoms with E-state index in [2.05, 4.69) is 15.9 Å². The van der Waals surface area contributed by atoms with Crippen LogP contribution in [0.1, 0.15) is 36.0 Å². The average molecular weight is 324 g/mol. The first-order valence-electron chi connectivity index (χ1n) is 6.91. The van der Waals surface area contributed by atoms with Crippen LogP contribution in [0.3, 0.4) is 0 Å². The van der Waals surface area contributed by atoms with Gasteiger partial charge in [0.25, 0.3) is 5.91 Å². The third kappa shape index (κ3) is 3.30. The van der Waals surface area contributed by atoms with Gasteiger partial charge in [0.2, 0.25) is 0 Å². The molecule has 2 saturated carbocycles. The molecule has 0 radical (unpaired) electrons. The summed E-state index contributed by atoms with van der Waals surface area (Å²) in [5.41, 5.74) is 0.585. The number of hydrogen-bond donors (Lipinski definition) is 1. The lowest BCUT2D eigenvalue weighted by Crippen LogP contribution is -2.34. The van der Waals surface area contributed by atoms with E-state index in [1.807, 2.05) is 4.90 Å². The predicted octanol–water partition coefficient (Wildman–Crippen LogP) is 3.42. The highest BCUT2D eigenvalue weighted by Gasteiger charge is 2.31. The molecule has 3 rings (SSSR count). The number of phenolic OH excluding ortho intramolecular Hbond substituents is 1. The largest absolute Gasteiger partial charge is 0.507 e. The third-order valence-electron chi connectivity index (χ3n) is 3.83. The molecule has 0 atom stereocenters. The van der Waals surface area contributed by atoms with Crippen molar-refractivity contribution in [2.75, 3.05) is 13.1 Å². The van der Waals surface area contributed by atoms with Crippen LogP contribution in [0.5, 0.6) is 5.75 Å². The minimum absolute atomic E-state index is 0.0570. The number of phenols is 1. The van der Waals surface area contributed by atoms with Crippen molar-refractivity contribution in [3.63, 3.8) is 0 Å². The van der Waals surface area contributed by atoms with Crippen LogP contribution < -0.4 is 0 Å². The maximum absolute atomic E-state index is 12.5. The fourth-order valence-electron chi connectivity index (χ4n) is 2.29. The van der Waals surface area contributed by atoms with Crippen LogP contribution in [0.25, 0.3) is 0 Å². The van der Waals surface area contributed by atoms with Gasteiger partial charge in [-0.05, 0) is 71.6 Å². The molecule has 2 aliphatic rings. The Balaban J connectivity index is 1.74. The molecule has 102 valence electrons. The van der Waals surface area contributed by atoms with Crippen LogP contribution >= 0.6 is 15.9 Å². The van der Waals surface area contributed by atoms with Gasteiger partial charge in [-0.15, -0.1) is 0 Å². The molecule has 0 spiro atoms. The first-order chi connectivity index (χ1) is 9.13. The number of nitrogens with zero attached hydrogens (tertiary/aromatic N) is 1. The van der Waals surface area contributed by atoms with Crippen molar-refractivity contribution < 1.29 is 9.90 Å². The van der Waals surface area contributed by atoms with E-state index in [4.69, 9.17) is 0 Å². The molecule has 1 aromatic rings. The van der Waals surface area contributed by atoms with E-state index in [0.29, 0.717) is 21.9 Å². The van der Waals surface area contributed by atoms with E-state index in [9.17, 15) is 9.90 Å². The van der Waals surface area contributed by atoms with Gasteiger partial charge in [-0.2, -0.15) is 0 Å². The van der Waals surface area contributed by atoms with Crippen LogP contribution in [-0.4, -0.2) is 29.0 Å². The molecule has 0 bridgehead atoms. The highest BCUT2D eigenvalue weighted by atomic mass is 79.9. The molecular weight excluding hydrogens is 306 g/mol. The van der Waals surface area contributed by atoms with Gasteiger partial charge in [0, 0.05) is 18.7 Å². The first-order valence-corrected chi connectivity index (χ1v) is 7.70. The van der Waals surface area contributed by atoms with Gasteiger partial charge in [0.1, 0.15) is 5.75 Å². The second-order valence-electron chi connectivity index (χ2n) is 5.76. The second kappa shape index (κ2) is 5.16. The van der Waals surface area contributed by atoms with Crippen molar-refractivity contribution in [3.8, 4) is 5.75 Å². The molecule has 3 nitrogen and oxygen atoms in total. The van der Waals surface area contributed by atoms with E-state index in [1.54, 1.807) is 18.2 Å². The summed E-state index contributed by atoms with van der Waals surface area (Å²) in [6, 6.07) is 5.06. The van der Waals surface area contributed by atoms with Crippen molar-refractivity contribution in [1.29, 1.82) is 0 Å². The van der Waals surface area contributed by atoms with Gasteiger partial charge < -0.3 is 10.0 Å². The van der Waals surface area contributed by atoms with Gasteiger partial charge in [-0.3, -0.25) is 4.79 Å². The molecule has 0 aromatic heterocycles. The summed E-state index contributed by atoms with van der Waals surface area (Å²) in [4.78, 5) is 14.5. The normalized spacial score (nSPS) is 18.4. The van der Waals surface area contributed by atoms with Crippen LogP contribution in [0.15, 0.2) is 22.7 Å². The Labute approximate surface area is 121 Å². The summed E-state index contributed by atoms with van der Waals surface area (Å²) in [5, 5.41) is 9.70. The van der Waals surface area contributed by atoms with Gasteiger partial charge in [0.05, 0.1) is 4.47 Å². The van der Waals surface area contributed by atoms with Crippen molar-refractivity contribution in [3.05, 3.63) is 28.2 Å². The lowest BCUT2D eigenvalue weighted by molar-refractivity contribution is 0.0739. The van der Waals surface area contributed by atoms with Crippen LogP contribution in [-0.2, 0) is 0 Å². The van der Waals surface area contributed by atoms with Gasteiger partial charge in [-0.25, -0.2) is 0 Å². The summed E-state index contributed by atoms with van der Waals surface area (Å²) in [5.74, 6) is 1.59. The summed E-state index contributed by atoms with van der Waals surface area (Å²) in [7, 11) is 0. The molecule has 1 N–H and O–H groups in total. The van der Waals surface area contributed by atoms with Crippen molar-refractivity contribution in [1.82, 2.24) is 4.90 Å². The Kier molecular flexibility index (Phi) is 3.52. The molecule has 2 aliphatic carbocycles. The van der Waals surface area contributed by atoms with Crippen LogP contribution in [0.2, 0.25) is 0 Å². The molecule has 0 saturated heterocycles. The maximum Gasteiger partial charge on any atom is 0.254 e. The molecule has 2 fully saturated rings. The zero-order valence-corrected chi connectivity index (χ0v) is 12.4. The molecule has 1 aromatic carbocycles. The van der Waals surface area contributed by atoms with Crippen LogP contribution in [0.4, 0.5) is 0 Å². The Bertz CT molecular complexity index is 481. The van der Waals surface area contributed by atoms with E-state index >= 15 is 0 Å². The van der Waals surface area contributed by atoms with Gasteiger partial charge in [-0.1, -0.05) is 0 Å². The number of halogens is 1. The van der Waals surface area contributed by atoms with Crippen LogP contribution in [0, 0.1) is 11.8 Å². The van der Waals surface area contributed by atoms with E-state index < -0.39 is 0 Å². The molecule has 0 heterocycles. The Morgan fingerprint density at radius 2 is 1.79 bits per heavy atom. The Morgan fingerprint density at radius 1 is 1.21 bits per heavy atom. The van der Waals surface area contributed by atoms with E-state index in [0.717, 1.165) is 13.1 Å². The summed E-state index contributed by atoms with van der Waals surface area (Å²) in [6.07, 6.45) is 5.00. The fraction of sp³-hybridized carbons (Fsp3) is 0.533. The molecular formula is C15H18BrNO2. The molecule has 0 unspecified atom stereocenters. The van der Waals surface area contributed by atoms with E-state index in [1.165, 1.54) is 25.7 Å². The first kappa shape index (κ1) is 13.0. The van der Waals surface area contributed by atoms with Crippen molar-refractivity contribution in [2.24, 2.45) is 11.8 Å². The quantitative estimate of drug-likeness (QED) is 0.902. The van der Waals surface area contributed by atoms with Gasteiger partial charge in [0.15, 0.2) is 0 Å². The molecule has 19 heavy (non-hydrogen) atoms. The molecule has 1 amide bonds. The third-order valence-corrected chi connectivity index (χ3v) is 4.50. The number of aromatic hydroxyl groups is 1. The summed E-state index contributed by atoms with van der Waals surface area (Å²) >= 11 is 3.24. The number of carbonyl (C=O) groups is 1. The zero-order chi connectivity index (χ0) is 13.4. The highest BCUT2D eigenvalue weighted by molar-refractivity contribution is 9.10. The molecule has 0 aliphatic heterocycles. The number of amides is 1. The number of hydrogen-bond acceptors (Lipinski definition) is 2. The topological polar surface area (TPSA) is 40.5 Å². The Hall–Kier alpha value is -1.03. The monoisotopic (exact) mass is 323 g/mol. The predicted molar refractivity (Wildman–Crippen MR) is 77.2 cm³/mol. The second-order valence-corrected chi connectivity index (χ2v) is 6.62. The average Bonchev–Trinajstić information content (AvgIpc) is 3.26. The SMILES string of the molecule is O=C(c1ccc(Br)c(O)c1)N(CC1CC1)CC1CC1.